The Kier molecular flexibility index (Phi) is 2.54. The van der Waals surface area contributed by atoms with E-state index in [1.807, 2.05) is 0 Å². The molecule has 0 aliphatic carbocycles. The maximum Gasteiger partial charge on any atom is 0.150 e. The minimum Gasteiger partial charge on any atom is -0.298 e. The van der Waals surface area contributed by atoms with Gasteiger partial charge in [0.2, 0.25) is 0 Å². The fourth-order valence-electron chi connectivity index (χ4n) is 1.45. The van der Waals surface area contributed by atoms with E-state index in [0.29, 0.717) is 23.0 Å². The standard InChI is InChI=1S/C12H8FNO/c13-11-5-1-3-10(8-15)12(11)9-4-2-6-14-7-9/h1-8H. The van der Waals surface area contributed by atoms with Crippen LogP contribution < -0.4 is 0 Å². The molecule has 2 nitrogen and oxygen atoms in total. The zero-order valence-corrected chi connectivity index (χ0v) is 7.85. The quantitative estimate of drug-likeness (QED) is 0.699. The van der Waals surface area contributed by atoms with Crippen LogP contribution in [-0.4, -0.2) is 11.3 Å². The van der Waals surface area contributed by atoms with Crippen molar-refractivity contribution in [2.45, 2.75) is 0 Å². The molecule has 0 unspecified atom stereocenters. The molecule has 74 valence electrons. The predicted molar refractivity (Wildman–Crippen MR) is 55.0 cm³/mol. The summed E-state index contributed by atoms with van der Waals surface area (Å²) in [6, 6.07) is 7.85. The minimum absolute atomic E-state index is 0.306. The minimum atomic E-state index is -0.410. The van der Waals surface area contributed by atoms with E-state index in [0.717, 1.165) is 0 Å². The second-order valence-electron chi connectivity index (χ2n) is 3.06. The third kappa shape index (κ3) is 1.76. The number of aromatic nitrogens is 1. The lowest BCUT2D eigenvalue weighted by molar-refractivity contribution is 0.112. The number of halogens is 1. The van der Waals surface area contributed by atoms with Crippen molar-refractivity contribution in [3.05, 3.63) is 54.1 Å². The predicted octanol–water partition coefficient (Wildman–Crippen LogP) is 2.70. The number of pyridine rings is 1. The van der Waals surface area contributed by atoms with Gasteiger partial charge in [-0.15, -0.1) is 0 Å². The fraction of sp³-hybridized carbons (Fsp3) is 0. The van der Waals surface area contributed by atoms with Crippen LogP contribution in [0, 0.1) is 5.82 Å². The molecule has 0 saturated carbocycles. The van der Waals surface area contributed by atoms with E-state index in [-0.39, 0.29) is 0 Å². The molecular formula is C12H8FNO. The van der Waals surface area contributed by atoms with E-state index in [2.05, 4.69) is 4.98 Å². The van der Waals surface area contributed by atoms with Crippen LogP contribution in [0.25, 0.3) is 11.1 Å². The zero-order valence-electron chi connectivity index (χ0n) is 7.85. The first-order valence-electron chi connectivity index (χ1n) is 4.47. The maximum atomic E-state index is 13.5. The summed E-state index contributed by atoms with van der Waals surface area (Å²) in [5, 5.41) is 0. The molecule has 2 rings (SSSR count). The Morgan fingerprint density at radius 3 is 2.73 bits per heavy atom. The van der Waals surface area contributed by atoms with Crippen molar-refractivity contribution in [1.29, 1.82) is 0 Å². The molecular weight excluding hydrogens is 193 g/mol. The number of nitrogens with zero attached hydrogens (tertiary/aromatic N) is 1. The Hall–Kier alpha value is -2.03. The second kappa shape index (κ2) is 4.00. The van der Waals surface area contributed by atoms with Crippen LogP contribution >= 0.6 is 0 Å². The van der Waals surface area contributed by atoms with Crippen LogP contribution in [0.2, 0.25) is 0 Å². The van der Waals surface area contributed by atoms with Gasteiger partial charge in [-0.3, -0.25) is 9.78 Å². The van der Waals surface area contributed by atoms with Crippen molar-refractivity contribution in [3.63, 3.8) is 0 Å². The average Bonchev–Trinajstić information content (AvgIpc) is 2.29. The summed E-state index contributed by atoms with van der Waals surface area (Å²) in [4.78, 5) is 14.7. The highest BCUT2D eigenvalue weighted by Gasteiger charge is 2.09. The molecule has 0 spiro atoms. The van der Waals surface area contributed by atoms with Crippen LogP contribution in [0.4, 0.5) is 4.39 Å². The highest BCUT2D eigenvalue weighted by molar-refractivity contribution is 5.87. The van der Waals surface area contributed by atoms with Gasteiger partial charge in [0, 0.05) is 29.1 Å². The summed E-state index contributed by atoms with van der Waals surface area (Å²) in [7, 11) is 0. The molecule has 3 heteroatoms. The first-order valence-corrected chi connectivity index (χ1v) is 4.47. The van der Waals surface area contributed by atoms with E-state index in [9.17, 15) is 9.18 Å². The number of rotatable bonds is 2. The van der Waals surface area contributed by atoms with Gasteiger partial charge in [0.1, 0.15) is 5.82 Å². The van der Waals surface area contributed by atoms with Gasteiger partial charge in [0.05, 0.1) is 0 Å². The highest BCUT2D eigenvalue weighted by Crippen LogP contribution is 2.24. The smallest absolute Gasteiger partial charge is 0.150 e. The van der Waals surface area contributed by atoms with Gasteiger partial charge in [-0.1, -0.05) is 18.2 Å². The van der Waals surface area contributed by atoms with Crippen molar-refractivity contribution >= 4 is 6.29 Å². The number of carbonyl (C=O) groups is 1. The molecule has 1 aromatic carbocycles. The van der Waals surface area contributed by atoms with Crippen molar-refractivity contribution in [1.82, 2.24) is 4.98 Å². The molecule has 15 heavy (non-hydrogen) atoms. The molecule has 1 heterocycles. The lowest BCUT2D eigenvalue weighted by atomic mass is 10.0. The number of benzene rings is 1. The largest absolute Gasteiger partial charge is 0.298 e. The third-order valence-corrected chi connectivity index (χ3v) is 2.12. The van der Waals surface area contributed by atoms with Crippen LogP contribution in [0.5, 0.6) is 0 Å². The van der Waals surface area contributed by atoms with Crippen LogP contribution in [0.15, 0.2) is 42.7 Å². The monoisotopic (exact) mass is 201 g/mol. The normalized spacial score (nSPS) is 9.93. The summed E-state index contributed by atoms with van der Waals surface area (Å²) >= 11 is 0. The maximum absolute atomic E-state index is 13.5. The number of hydrogen-bond donors (Lipinski definition) is 0. The Labute approximate surface area is 86.4 Å². The summed E-state index contributed by atoms with van der Waals surface area (Å²) in [5.74, 6) is -0.410. The molecule has 0 aliphatic rings. The molecule has 2 aromatic rings. The Morgan fingerprint density at radius 1 is 1.20 bits per heavy atom. The molecule has 0 atom stereocenters. The highest BCUT2D eigenvalue weighted by atomic mass is 19.1. The topological polar surface area (TPSA) is 30.0 Å². The SMILES string of the molecule is O=Cc1cccc(F)c1-c1cccnc1. The number of hydrogen-bond acceptors (Lipinski definition) is 2. The molecule has 0 N–H and O–H groups in total. The molecule has 0 fully saturated rings. The molecule has 0 saturated heterocycles. The van der Waals surface area contributed by atoms with Crippen LogP contribution in [0.1, 0.15) is 10.4 Å². The van der Waals surface area contributed by atoms with E-state index >= 15 is 0 Å². The van der Waals surface area contributed by atoms with Crippen molar-refractivity contribution < 1.29 is 9.18 Å². The second-order valence-corrected chi connectivity index (χ2v) is 3.06. The van der Waals surface area contributed by atoms with Gasteiger partial charge in [0.25, 0.3) is 0 Å². The first-order chi connectivity index (χ1) is 7.33. The Bertz CT molecular complexity index is 482. The van der Waals surface area contributed by atoms with Crippen molar-refractivity contribution in [3.8, 4) is 11.1 Å². The summed E-state index contributed by atoms with van der Waals surface area (Å²) in [6.45, 7) is 0. The van der Waals surface area contributed by atoms with Gasteiger partial charge >= 0.3 is 0 Å². The fourth-order valence-corrected chi connectivity index (χ4v) is 1.45. The third-order valence-electron chi connectivity index (χ3n) is 2.12. The average molecular weight is 201 g/mol. The van der Waals surface area contributed by atoms with Gasteiger partial charge in [-0.25, -0.2) is 4.39 Å². The Balaban J connectivity index is 2.66. The summed E-state index contributed by atoms with van der Waals surface area (Å²) < 4.78 is 13.5. The molecule has 0 aliphatic heterocycles. The van der Waals surface area contributed by atoms with Gasteiger partial charge in [-0.2, -0.15) is 0 Å². The van der Waals surface area contributed by atoms with Gasteiger partial charge in [0.15, 0.2) is 6.29 Å². The molecule has 0 radical (unpaired) electrons. The van der Waals surface area contributed by atoms with E-state index in [1.165, 1.54) is 18.3 Å². The summed E-state index contributed by atoms with van der Waals surface area (Å²) in [5.41, 5.74) is 1.25. The lowest BCUT2D eigenvalue weighted by Crippen LogP contribution is -1.92. The molecule has 0 bridgehead atoms. The summed E-state index contributed by atoms with van der Waals surface area (Å²) in [6.07, 6.45) is 3.78. The van der Waals surface area contributed by atoms with Crippen LogP contribution in [-0.2, 0) is 0 Å². The molecule has 0 amide bonds. The van der Waals surface area contributed by atoms with E-state index < -0.39 is 5.82 Å². The van der Waals surface area contributed by atoms with Gasteiger partial charge < -0.3 is 0 Å². The van der Waals surface area contributed by atoms with Crippen molar-refractivity contribution in [2.75, 3.05) is 0 Å². The Morgan fingerprint density at radius 2 is 2.07 bits per heavy atom. The van der Waals surface area contributed by atoms with E-state index in [1.54, 1.807) is 24.4 Å². The number of carbonyl (C=O) groups excluding carboxylic acids is 1. The van der Waals surface area contributed by atoms with Gasteiger partial charge in [-0.05, 0) is 12.1 Å². The molecule has 1 aromatic heterocycles. The van der Waals surface area contributed by atoms with Crippen molar-refractivity contribution in [2.24, 2.45) is 0 Å². The zero-order chi connectivity index (χ0) is 10.7. The van der Waals surface area contributed by atoms with Crippen LogP contribution in [0.3, 0.4) is 0 Å². The van der Waals surface area contributed by atoms with E-state index in [4.69, 9.17) is 0 Å². The lowest BCUT2D eigenvalue weighted by Gasteiger charge is -2.05. The number of aldehydes is 1. The first kappa shape index (κ1) is 9.52.